The van der Waals surface area contributed by atoms with Crippen molar-refractivity contribution < 1.29 is 24.3 Å². The predicted octanol–water partition coefficient (Wildman–Crippen LogP) is -0.938. The van der Waals surface area contributed by atoms with Crippen molar-refractivity contribution in [2.75, 3.05) is 24.3 Å². The predicted molar refractivity (Wildman–Crippen MR) is 107 cm³/mol. The summed E-state index contributed by atoms with van der Waals surface area (Å²) in [4.78, 5) is 49.6. The van der Waals surface area contributed by atoms with Gasteiger partial charge in [-0.3, -0.25) is 14.4 Å². The number of nitrogens with zero attached hydrogens (tertiary/aromatic N) is 1. The van der Waals surface area contributed by atoms with E-state index in [4.69, 9.17) is 10.8 Å². The molecule has 0 aromatic heterocycles. The van der Waals surface area contributed by atoms with Crippen molar-refractivity contribution in [3.63, 3.8) is 0 Å². The summed E-state index contributed by atoms with van der Waals surface area (Å²) in [7, 11) is 0. The molecule has 154 valence electrons. The summed E-state index contributed by atoms with van der Waals surface area (Å²) < 4.78 is 0. The van der Waals surface area contributed by atoms with Crippen molar-refractivity contribution in [2.24, 2.45) is 5.73 Å². The molecule has 9 nitrogen and oxygen atoms in total. The third-order valence-corrected chi connectivity index (χ3v) is 5.34. The van der Waals surface area contributed by atoms with Gasteiger partial charge < -0.3 is 26.4 Å². The average molecular weight is 421 g/mol. The topological polar surface area (TPSA) is 142 Å². The summed E-state index contributed by atoms with van der Waals surface area (Å²) in [6, 6.07) is -3.41. The standard InChI is InChI=1S/C16H28N4O5S2/c1-9(18-13(21)10(17)5-7-27-2)15(23)20-6-3-4-12(20)14(22)19-11(8-26)16(24)25/h9-12,26H,3-8,17H2,1-2H3,(H,18,21)(H,19,22)(H,24,25). The second kappa shape index (κ2) is 11.4. The Labute approximate surface area is 168 Å². The largest absolute Gasteiger partial charge is 0.480 e. The SMILES string of the molecule is CSCCC(N)C(=O)NC(C)C(=O)N1CCCC1C(=O)NC(CS)C(=O)O. The first-order valence-corrected chi connectivity index (χ1v) is 10.7. The van der Waals surface area contributed by atoms with E-state index in [1.54, 1.807) is 18.7 Å². The van der Waals surface area contributed by atoms with Crippen LogP contribution in [0.5, 0.6) is 0 Å². The number of rotatable bonds is 10. The molecule has 1 rings (SSSR count). The fourth-order valence-electron chi connectivity index (χ4n) is 2.76. The maximum Gasteiger partial charge on any atom is 0.327 e. The van der Waals surface area contributed by atoms with Crippen molar-refractivity contribution in [3.05, 3.63) is 0 Å². The van der Waals surface area contributed by atoms with E-state index in [-0.39, 0.29) is 5.75 Å². The van der Waals surface area contributed by atoms with E-state index < -0.39 is 47.9 Å². The van der Waals surface area contributed by atoms with Crippen LogP contribution >= 0.6 is 24.4 Å². The van der Waals surface area contributed by atoms with Gasteiger partial charge in [-0.2, -0.15) is 24.4 Å². The van der Waals surface area contributed by atoms with E-state index in [1.807, 2.05) is 6.26 Å². The molecule has 3 amide bonds. The highest BCUT2D eigenvalue weighted by Crippen LogP contribution is 2.19. The molecule has 5 N–H and O–H groups in total. The summed E-state index contributed by atoms with van der Waals surface area (Å²) in [6.45, 7) is 1.91. The molecule has 0 saturated carbocycles. The quantitative estimate of drug-likeness (QED) is 0.287. The van der Waals surface area contributed by atoms with Crippen LogP contribution in [-0.4, -0.2) is 82.2 Å². The van der Waals surface area contributed by atoms with Gasteiger partial charge in [-0.15, -0.1) is 0 Å². The summed E-state index contributed by atoms with van der Waals surface area (Å²) in [5.74, 6) is -1.84. The normalized spacial score (nSPS) is 19.9. The Balaban J connectivity index is 2.67. The maximum absolute atomic E-state index is 12.7. The zero-order valence-electron chi connectivity index (χ0n) is 15.5. The Bertz CT molecular complexity index is 563. The van der Waals surface area contributed by atoms with Gasteiger partial charge in [0.1, 0.15) is 18.1 Å². The summed E-state index contributed by atoms with van der Waals surface area (Å²) in [5, 5.41) is 14.0. The number of thioether (sulfide) groups is 1. The molecule has 1 fully saturated rings. The number of nitrogens with one attached hydrogen (secondary N) is 2. The third-order valence-electron chi connectivity index (χ3n) is 4.33. The molecule has 1 aliphatic heterocycles. The van der Waals surface area contributed by atoms with Crippen LogP contribution in [0, 0.1) is 0 Å². The summed E-state index contributed by atoms with van der Waals surface area (Å²) >= 11 is 5.49. The Morgan fingerprint density at radius 3 is 2.56 bits per heavy atom. The molecule has 0 spiro atoms. The zero-order valence-corrected chi connectivity index (χ0v) is 17.2. The van der Waals surface area contributed by atoms with Crippen molar-refractivity contribution in [2.45, 2.75) is 50.4 Å². The average Bonchev–Trinajstić information content (AvgIpc) is 3.12. The zero-order chi connectivity index (χ0) is 20.6. The Morgan fingerprint density at radius 2 is 2.00 bits per heavy atom. The molecule has 4 unspecified atom stereocenters. The third kappa shape index (κ3) is 6.89. The molecule has 0 aromatic carbocycles. The van der Waals surface area contributed by atoms with Gasteiger partial charge in [-0.1, -0.05) is 0 Å². The summed E-state index contributed by atoms with van der Waals surface area (Å²) in [5.41, 5.74) is 5.80. The highest BCUT2D eigenvalue weighted by molar-refractivity contribution is 7.98. The number of likely N-dealkylation sites (tertiary alicyclic amines) is 1. The number of hydrogen-bond donors (Lipinski definition) is 5. The van der Waals surface area contributed by atoms with Crippen LogP contribution in [-0.2, 0) is 19.2 Å². The van der Waals surface area contributed by atoms with E-state index in [1.165, 1.54) is 4.90 Å². The monoisotopic (exact) mass is 420 g/mol. The number of nitrogens with two attached hydrogens (primary N) is 1. The van der Waals surface area contributed by atoms with E-state index >= 15 is 0 Å². The van der Waals surface area contributed by atoms with Gasteiger partial charge in [0, 0.05) is 12.3 Å². The van der Waals surface area contributed by atoms with Gasteiger partial charge in [-0.05, 0) is 38.2 Å². The molecule has 1 aliphatic rings. The number of carbonyl (C=O) groups excluding carboxylic acids is 3. The lowest BCUT2D eigenvalue weighted by Crippen LogP contribution is -2.56. The number of thiol groups is 1. The second-order valence-electron chi connectivity index (χ2n) is 6.39. The van der Waals surface area contributed by atoms with E-state index in [0.717, 1.165) is 5.75 Å². The van der Waals surface area contributed by atoms with Crippen LogP contribution in [0.25, 0.3) is 0 Å². The molecule has 0 bridgehead atoms. The lowest BCUT2D eigenvalue weighted by molar-refractivity contribution is -0.144. The van der Waals surface area contributed by atoms with Crippen molar-refractivity contribution in [1.82, 2.24) is 15.5 Å². The fraction of sp³-hybridized carbons (Fsp3) is 0.750. The Morgan fingerprint density at radius 1 is 1.33 bits per heavy atom. The minimum absolute atomic E-state index is 0.0534. The highest BCUT2D eigenvalue weighted by Gasteiger charge is 2.37. The van der Waals surface area contributed by atoms with Gasteiger partial charge in [0.15, 0.2) is 0 Å². The van der Waals surface area contributed by atoms with E-state index in [2.05, 4.69) is 23.3 Å². The van der Waals surface area contributed by atoms with Crippen molar-refractivity contribution in [3.8, 4) is 0 Å². The van der Waals surface area contributed by atoms with Gasteiger partial charge >= 0.3 is 5.97 Å². The molecular formula is C16H28N4O5S2. The first-order valence-electron chi connectivity index (χ1n) is 8.72. The van der Waals surface area contributed by atoms with Crippen LogP contribution in [0.2, 0.25) is 0 Å². The lowest BCUT2D eigenvalue weighted by atomic mass is 10.1. The Kier molecular flexibility index (Phi) is 9.95. The molecule has 0 aliphatic carbocycles. The van der Waals surface area contributed by atoms with Crippen molar-refractivity contribution in [1.29, 1.82) is 0 Å². The number of hydrogen-bond acceptors (Lipinski definition) is 7. The molecule has 1 saturated heterocycles. The van der Waals surface area contributed by atoms with E-state index in [0.29, 0.717) is 25.8 Å². The minimum Gasteiger partial charge on any atom is -0.480 e. The molecule has 4 atom stereocenters. The fourth-order valence-corrected chi connectivity index (χ4v) is 3.50. The van der Waals surface area contributed by atoms with Gasteiger partial charge in [0.2, 0.25) is 17.7 Å². The number of carboxylic acids is 1. The number of carbonyl (C=O) groups is 4. The van der Waals surface area contributed by atoms with E-state index in [9.17, 15) is 19.2 Å². The number of carboxylic acid groups (broad SMARTS) is 1. The molecule has 0 radical (unpaired) electrons. The van der Waals surface area contributed by atoms with Crippen LogP contribution < -0.4 is 16.4 Å². The smallest absolute Gasteiger partial charge is 0.327 e. The first-order chi connectivity index (χ1) is 12.7. The molecule has 27 heavy (non-hydrogen) atoms. The van der Waals surface area contributed by atoms with Gasteiger partial charge in [-0.25, -0.2) is 4.79 Å². The van der Waals surface area contributed by atoms with Crippen LogP contribution in [0.15, 0.2) is 0 Å². The molecular weight excluding hydrogens is 392 g/mol. The summed E-state index contributed by atoms with van der Waals surface area (Å²) in [6.07, 6.45) is 3.47. The molecule has 1 heterocycles. The first kappa shape index (κ1) is 23.6. The van der Waals surface area contributed by atoms with Crippen LogP contribution in [0.3, 0.4) is 0 Å². The number of aliphatic carboxylic acids is 1. The molecule has 11 heteroatoms. The second-order valence-corrected chi connectivity index (χ2v) is 7.74. The van der Waals surface area contributed by atoms with Crippen molar-refractivity contribution >= 4 is 48.1 Å². The van der Waals surface area contributed by atoms with Gasteiger partial charge in [0.25, 0.3) is 0 Å². The number of amides is 3. The minimum atomic E-state index is -1.19. The highest BCUT2D eigenvalue weighted by atomic mass is 32.2. The van der Waals surface area contributed by atoms with Crippen LogP contribution in [0.4, 0.5) is 0 Å². The lowest BCUT2D eigenvalue weighted by Gasteiger charge is -2.28. The Hall–Kier alpha value is -1.46. The maximum atomic E-state index is 12.7. The van der Waals surface area contributed by atoms with Crippen LogP contribution in [0.1, 0.15) is 26.2 Å². The van der Waals surface area contributed by atoms with Gasteiger partial charge in [0.05, 0.1) is 6.04 Å². The molecule has 0 aromatic rings.